The maximum absolute atomic E-state index is 12.5. The Morgan fingerprint density at radius 2 is 1.50 bits per heavy atom. The largest absolute Gasteiger partial charge is 0.352 e. The Hall–Kier alpha value is -3.41. The minimum absolute atomic E-state index is 0.0968. The molecule has 0 unspecified atom stereocenters. The van der Waals surface area contributed by atoms with E-state index in [0.717, 1.165) is 38.9 Å². The fourth-order valence-electron chi connectivity index (χ4n) is 4.86. The molecule has 0 aliphatic carbocycles. The summed E-state index contributed by atoms with van der Waals surface area (Å²) < 4.78 is 0. The highest BCUT2D eigenvalue weighted by molar-refractivity contribution is 6.30. The fraction of sp³-hybridized carbons (Fsp3) is 0.312. The topological polar surface area (TPSA) is 61.4 Å². The van der Waals surface area contributed by atoms with Crippen molar-refractivity contribution in [3.05, 3.63) is 113 Å². The molecule has 38 heavy (non-hydrogen) atoms. The number of amides is 2. The van der Waals surface area contributed by atoms with Gasteiger partial charge in [-0.2, -0.15) is 0 Å². The second-order valence-electron chi connectivity index (χ2n) is 9.85. The van der Waals surface area contributed by atoms with E-state index >= 15 is 0 Å². The van der Waals surface area contributed by atoms with Crippen molar-refractivity contribution < 1.29 is 9.59 Å². The van der Waals surface area contributed by atoms with E-state index < -0.39 is 0 Å². The van der Waals surface area contributed by atoms with Crippen LogP contribution in [0.3, 0.4) is 0 Å². The third kappa shape index (κ3) is 8.04. The van der Waals surface area contributed by atoms with Crippen molar-refractivity contribution in [2.75, 3.05) is 31.5 Å². The molecule has 1 saturated heterocycles. The van der Waals surface area contributed by atoms with Crippen molar-refractivity contribution in [2.45, 2.75) is 38.0 Å². The molecule has 198 valence electrons. The maximum atomic E-state index is 12.5. The Morgan fingerprint density at radius 1 is 0.868 bits per heavy atom. The number of halogens is 1. The van der Waals surface area contributed by atoms with E-state index in [0.29, 0.717) is 34.3 Å². The lowest BCUT2D eigenvalue weighted by Gasteiger charge is -2.32. The number of allylic oxidation sites excluding steroid dienone is 1. The molecule has 2 amide bonds. The van der Waals surface area contributed by atoms with E-state index in [1.807, 2.05) is 6.08 Å². The number of carbonyl (C=O) groups is 2. The molecule has 3 aromatic rings. The number of likely N-dealkylation sites (tertiary alicyclic amines) is 1. The second-order valence-corrected chi connectivity index (χ2v) is 10.3. The van der Waals surface area contributed by atoms with Gasteiger partial charge in [0.25, 0.3) is 11.8 Å². The van der Waals surface area contributed by atoms with Crippen molar-refractivity contribution >= 4 is 29.1 Å². The Labute approximate surface area is 230 Å². The van der Waals surface area contributed by atoms with E-state index in [1.165, 1.54) is 24.0 Å². The van der Waals surface area contributed by atoms with Crippen molar-refractivity contribution in [3.63, 3.8) is 0 Å². The average molecular weight is 530 g/mol. The molecule has 1 aliphatic heterocycles. The molecule has 1 aliphatic rings. The molecule has 0 atom stereocenters. The molecule has 0 bridgehead atoms. The van der Waals surface area contributed by atoms with E-state index in [1.54, 1.807) is 48.5 Å². The monoisotopic (exact) mass is 529 g/mol. The number of piperidine rings is 1. The number of hydrogen-bond acceptors (Lipinski definition) is 3. The molecular formula is C32H36ClN3O2. The lowest BCUT2D eigenvalue weighted by Crippen LogP contribution is -2.34. The maximum Gasteiger partial charge on any atom is 0.255 e. The molecule has 1 fully saturated rings. The van der Waals surface area contributed by atoms with E-state index in [2.05, 4.69) is 46.4 Å². The van der Waals surface area contributed by atoms with Crippen molar-refractivity contribution in [1.29, 1.82) is 0 Å². The van der Waals surface area contributed by atoms with Gasteiger partial charge < -0.3 is 15.5 Å². The molecule has 4 rings (SSSR count). The van der Waals surface area contributed by atoms with Crippen molar-refractivity contribution in [3.8, 4) is 0 Å². The molecule has 1 heterocycles. The highest BCUT2D eigenvalue weighted by atomic mass is 35.5. The van der Waals surface area contributed by atoms with Crippen LogP contribution in [0.1, 0.15) is 63.4 Å². The molecule has 2 N–H and O–H groups in total. The van der Waals surface area contributed by atoms with Gasteiger partial charge >= 0.3 is 0 Å². The number of nitrogens with one attached hydrogen (secondary N) is 2. The molecule has 0 aromatic heterocycles. The third-order valence-electron chi connectivity index (χ3n) is 7.12. The highest BCUT2D eigenvalue weighted by Gasteiger charge is 2.20. The Kier molecular flexibility index (Phi) is 10.1. The second kappa shape index (κ2) is 13.9. The molecule has 0 radical (unpaired) electrons. The van der Waals surface area contributed by atoms with Gasteiger partial charge in [-0.3, -0.25) is 9.59 Å². The molecular weight excluding hydrogens is 494 g/mol. The number of anilines is 1. The quantitative estimate of drug-likeness (QED) is 0.214. The first-order valence-corrected chi connectivity index (χ1v) is 13.8. The van der Waals surface area contributed by atoms with Crippen molar-refractivity contribution in [2.24, 2.45) is 0 Å². The molecule has 6 heteroatoms. The van der Waals surface area contributed by atoms with Crippen LogP contribution < -0.4 is 10.6 Å². The summed E-state index contributed by atoms with van der Waals surface area (Å²) >= 11 is 5.87. The lowest BCUT2D eigenvalue weighted by atomic mass is 9.88. The van der Waals surface area contributed by atoms with E-state index in [9.17, 15) is 9.59 Å². The summed E-state index contributed by atoms with van der Waals surface area (Å²) in [4.78, 5) is 27.4. The smallest absolute Gasteiger partial charge is 0.255 e. The normalized spacial score (nSPS) is 14.1. The minimum Gasteiger partial charge on any atom is -0.352 e. The van der Waals surface area contributed by atoms with Gasteiger partial charge in [0, 0.05) is 28.4 Å². The van der Waals surface area contributed by atoms with Crippen LogP contribution in [0.4, 0.5) is 5.69 Å². The number of nitrogens with zero attached hydrogens (tertiary/aromatic N) is 1. The number of unbranched alkanes of at least 4 members (excludes halogenated alkanes) is 1. The van der Waals surface area contributed by atoms with Crippen LogP contribution >= 0.6 is 11.6 Å². The first-order chi connectivity index (χ1) is 18.5. The number of carbonyl (C=O) groups excluding carboxylic acids is 2. The SMILES string of the molecule is C=CCc1ccc(C2CCN(CCCCNC(=O)c3ccc(NC(=O)c4ccc(Cl)cc4)cc3)CC2)cc1. The Balaban J connectivity index is 1.11. The summed E-state index contributed by atoms with van der Waals surface area (Å²) in [6.45, 7) is 7.80. The minimum atomic E-state index is -0.221. The van der Waals surface area contributed by atoms with Gasteiger partial charge in [-0.15, -0.1) is 6.58 Å². The fourth-order valence-corrected chi connectivity index (χ4v) is 4.98. The Bertz CT molecular complexity index is 1200. The summed E-state index contributed by atoms with van der Waals surface area (Å²) in [6.07, 6.45) is 7.30. The molecule has 0 spiro atoms. The van der Waals surface area contributed by atoms with Crippen LogP contribution in [0, 0.1) is 0 Å². The van der Waals surface area contributed by atoms with Crippen molar-refractivity contribution in [1.82, 2.24) is 10.2 Å². The van der Waals surface area contributed by atoms with Gasteiger partial charge in [0.1, 0.15) is 0 Å². The van der Waals surface area contributed by atoms with Crippen LogP contribution in [-0.4, -0.2) is 42.9 Å². The molecule has 0 saturated carbocycles. The Morgan fingerprint density at radius 3 is 2.16 bits per heavy atom. The first kappa shape index (κ1) is 27.6. The first-order valence-electron chi connectivity index (χ1n) is 13.4. The van der Waals surface area contributed by atoms with Crippen LogP contribution in [0.25, 0.3) is 0 Å². The number of hydrogen-bond donors (Lipinski definition) is 2. The summed E-state index contributed by atoms with van der Waals surface area (Å²) in [5.41, 5.74) is 4.51. The standard InChI is InChI=1S/C32H36ClN3O2/c1-2-5-24-6-8-25(9-7-24)26-18-22-36(23-19-26)21-4-3-20-34-31(37)27-12-16-30(17-13-27)35-32(38)28-10-14-29(33)15-11-28/h2,6-17,26H,1,3-5,18-23H2,(H,34,37)(H,35,38). The summed E-state index contributed by atoms with van der Waals surface area (Å²) in [5.74, 6) is 0.335. The highest BCUT2D eigenvalue weighted by Crippen LogP contribution is 2.28. The van der Waals surface area contributed by atoms with Gasteiger partial charge in [0.2, 0.25) is 0 Å². The van der Waals surface area contributed by atoms with Gasteiger partial charge in [0.05, 0.1) is 0 Å². The van der Waals surface area contributed by atoms with E-state index in [-0.39, 0.29) is 11.8 Å². The van der Waals surface area contributed by atoms with Crippen LogP contribution in [0.15, 0.2) is 85.5 Å². The van der Waals surface area contributed by atoms with Crippen LogP contribution in [0.2, 0.25) is 5.02 Å². The predicted molar refractivity (Wildman–Crippen MR) is 156 cm³/mol. The van der Waals surface area contributed by atoms with Gasteiger partial charge in [-0.05, 0) is 117 Å². The molecule has 3 aromatic carbocycles. The van der Waals surface area contributed by atoms with Crippen LogP contribution in [-0.2, 0) is 6.42 Å². The zero-order valence-corrected chi connectivity index (χ0v) is 22.6. The summed E-state index contributed by atoms with van der Waals surface area (Å²) in [5, 5.41) is 6.42. The van der Waals surface area contributed by atoms with Gasteiger partial charge in [0.15, 0.2) is 0 Å². The van der Waals surface area contributed by atoms with Gasteiger partial charge in [-0.25, -0.2) is 0 Å². The number of benzene rings is 3. The number of rotatable bonds is 11. The zero-order chi connectivity index (χ0) is 26.7. The van der Waals surface area contributed by atoms with Crippen LogP contribution in [0.5, 0.6) is 0 Å². The zero-order valence-electron chi connectivity index (χ0n) is 21.8. The summed E-state index contributed by atoms with van der Waals surface area (Å²) in [6, 6.07) is 22.7. The molecule has 5 nitrogen and oxygen atoms in total. The summed E-state index contributed by atoms with van der Waals surface area (Å²) in [7, 11) is 0. The predicted octanol–water partition coefficient (Wildman–Crippen LogP) is 6.71. The average Bonchev–Trinajstić information content (AvgIpc) is 2.94. The third-order valence-corrected chi connectivity index (χ3v) is 7.37. The lowest BCUT2D eigenvalue weighted by molar-refractivity contribution is 0.0951. The van der Waals surface area contributed by atoms with E-state index in [4.69, 9.17) is 11.6 Å². The van der Waals surface area contributed by atoms with Gasteiger partial charge in [-0.1, -0.05) is 41.9 Å².